The van der Waals surface area contributed by atoms with Crippen LogP contribution in [0.4, 0.5) is 10.8 Å². The molecule has 0 radical (unpaired) electrons. The van der Waals surface area contributed by atoms with E-state index in [1.165, 1.54) is 16.9 Å². The quantitative estimate of drug-likeness (QED) is 0.729. The summed E-state index contributed by atoms with van der Waals surface area (Å²) in [4.78, 5) is 2.24. The summed E-state index contributed by atoms with van der Waals surface area (Å²) in [6.07, 6.45) is -0.370. The maximum Gasteiger partial charge on any atom is 0.210 e. The summed E-state index contributed by atoms with van der Waals surface area (Å²) in [6.45, 7) is 6.04. The Hall–Kier alpha value is -1.19. The molecule has 8 heteroatoms. The fourth-order valence-electron chi connectivity index (χ4n) is 2.47. The molecule has 1 atom stereocenters. The number of ether oxygens (including phenoxy) is 1. The maximum absolute atomic E-state index is 10.2. The summed E-state index contributed by atoms with van der Waals surface area (Å²) in [5.41, 5.74) is 2.21. The molecule has 0 bridgehead atoms. The molecule has 1 aliphatic heterocycles. The molecule has 2 N–H and O–H groups in total. The van der Waals surface area contributed by atoms with Crippen molar-refractivity contribution in [1.82, 2.24) is 15.1 Å². The fraction of sp³-hybridized carbons (Fsp3) is 0.500. The summed E-state index contributed by atoms with van der Waals surface area (Å²) in [6, 6.07) is 8.15. The van der Waals surface area contributed by atoms with Crippen LogP contribution in [-0.4, -0.2) is 64.9 Å². The van der Waals surface area contributed by atoms with Crippen molar-refractivity contribution in [1.29, 1.82) is 0 Å². The van der Waals surface area contributed by atoms with Crippen molar-refractivity contribution in [2.45, 2.75) is 17.4 Å². The second-order valence-corrected chi connectivity index (χ2v) is 7.99. The number of aliphatic hydroxyl groups excluding tert-OH is 1. The van der Waals surface area contributed by atoms with Gasteiger partial charge in [0, 0.05) is 31.1 Å². The van der Waals surface area contributed by atoms with E-state index in [1.807, 2.05) is 12.1 Å². The van der Waals surface area contributed by atoms with E-state index in [4.69, 9.17) is 4.74 Å². The second kappa shape index (κ2) is 8.77. The van der Waals surface area contributed by atoms with Crippen LogP contribution in [0.25, 0.3) is 0 Å². The highest BCUT2D eigenvalue weighted by atomic mass is 32.2. The van der Waals surface area contributed by atoms with E-state index in [9.17, 15) is 5.11 Å². The molecule has 1 aromatic carbocycles. The van der Waals surface area contributed by atoms with E-state index in [0.717, 1.165) is 41.5 Å². The number of anilines is 2. The van der Waals surface area contributed by atoms with Crippen LogP contribution in [0, 0.1) is 6.92 Å². The molecule has 0 saturated carbocycles. The van der Waals surface area contributed by atoms with Gasteiger partial charge in [-0.1, -0.05) is 35.2 Å². The van der Waals surface area contributed by atoms with E-state index in [1.54, 1.807) is 11.8 Å². The monoisotopic (exact) mass is 366 g/mol. The molecule has 0 aliphatic carbocycles. The Morgan fingerprint density at radius 3 is 3.00 bits per heavy atom. The Morgan fingerprint density at radius 1 is 1.38 bits per heavy atom. The number of morpholine rings is 1. The number of nitrogens with zero attached hydrogens (tertiary/aromatic N) is 3. The number of benzene rings is 1. The van der Waals surface area contributed by atoms with Crippen molar-refractivity contribution in [2.24, 2.45) is 0 Å². The SMILES string of the molecule is Cc1cccc(Nc2nnc(SC[C@H](O)CN3CCOCC3)s2)c1. The number of nitrogens with one attached hydrogen (secondary N) is 1. The molecule has 6 nitrogen and oxygen atoms in total. The van der Waals surface area contributed by atoms with Crippen molar-refractivity contribution in [3.8, 4) is 0 Å². The average Bonchev–Trinajstić information content (AvgIpc) is 3.01. The van der Waals surface area contributed by atoms with Crippen LogP contribution >= 0.6 is 23.1 Å². The first-order valence-electron chi connectivity index (χ1n) is 7.97. The summed E-state index contributed by atoms with van der Waals surface area (Å²) in [7, 11) is 0. The third kappa shape index (κ3) is 5.42. The van der Waals surface area contributed by atoms with Gasteiger partial charge < -0.3 is 15.2 Å². The van der Waals surface area contributed by atoms with E-state index >= 15 is 0 Å². The standard InChI is InChI=1S/C16H22N4O2S2/c1-12-3-2-4-13(9-12)17-15-18-19-16(24-15)23-11-14(21)10-20-5-7-22-8-6-20/h2-4,9,14,21H,5-8,10-11H2,1H3,(H,17,18)/t14-/m1/s1. The molecule has 1 fully saturated rings. The van der Waals surface area contributed by atoms with Gasteiger partial charge in [0.2, 0.25) is 5.13 Å². The zero-order chi connectivity index (χ0) is 16.8. The number of hydrogen-bond acceptors (Lipinski definition) is 8. The lowest BCUT2D eigenvalue weighted by atomic mass is 10.2. The minimum atomic E-state index is -0.370. The molecule has 1 aromatic heterocycles. The summed E-state index contributed by atoms with van der Waals surface area (Å²) >= 11 is 3.06. The Labute approximate surface area is 150 Å². The Kier molecular flexibility index (Phi) is 6.44. The van der Waals surface area contributed by atoms with Crippen LogP contribution < -0.4 is 5.32 Å². The van der Waals surface area contributed by atoms with E-state index in [-0.39, 0.29) is 6.10 Å². The minimum absolute atomic E-state index is 0.370. The van der Waals surface area contributed by atoms with Gasteiger partial charge in [0.15, 0.2) is 4.34 Å². The van der Waals surface area contributed by atoms with Crippen molar-refractivity contribution in [3.05, 3.63) is 29.8 Å². The third-order valence-electron chi connectivity index (χ3n) is 3.65. The third-order valence-corrected chi connectivity index (χ3v) is 5.76. The maximum atomic E-state index is 10.2. The van der Waals surface area contributed by atoms with Crippen LogP contribution in [0.2, 0.25) is 0 Å². The van der Waals surface area contributed by atoms with Gasteiger partial charge in [-0.15, -0.1) is 10.2 Å². The smallest absolute Gasteiger partial charge is 0.210 e. The van der Waals surface area contributed by atoms with Crippen LogP contribution in [0.5, 0.6) is 0 Å². The highest BCUT2D eigenvalue weighted by Crippen LogP contribution is 2.28. The zero-order valence-electron chi connectivity index (χ0n) is 13.6. The summed E-state index contributed by atoms with van der Waals surface area (Å²) in [5.74, 6) is 0.621. The van der Waals surface area contributed by atoms with Gasteiger partial charge in [-0.2, -0.15) is 0 Å². The van der Waals surface area contributed by atoms with Crippen molar-refractivity contribution in [3.63, 3.8) is 0 Å². The lowest BCUT2D eigenvalue weighted by molar-refractivity contribution is 0.0188. The predicted molar refractivity (Wildman–Crippen MR) is 98.4 cm³/mol. The highest BCUT2D eigenvalue weighted by molar-refractivity contribution is 8.01. The van der Waals surface area contributed by atoms with Gasteiger partial charge in [-0.05, 0) is 24.6 Å². The first-order chi connectivity index (χ1) is 11.7. The number of rotatable bonds is 7. The Balaban J connectivity index is 1.45. The molecular formula is C16H22N4O2S2. The molecule has 2 aromatic rings. The minimum Gasteiger partial charge on any atom is -0.391 e. The van der Waals surface area contributed by atoms with Crippen LogP contribution in [0.1, 0.15) is 5.56 Å². The van der Waals surface area contributed by atoms with Gasteiger partial charge in [-0.3, -0.25) is 4.90 Å². The van der Waals surface area contributed by atoms with Crippen molar-refractivity contribution < 1.29 is 9.84 Å². The van der Waals surface area contributed by atoms with E-state index in [2.05, 4.69) is 39.5 Å². The number of β-amino-alcohol motifs (C(OH)–C–C–N with tert-alkyl or cyclic N) is 1. The number of thioether (sulfide) groups is 1. The van der Waals surface area contributed by atoms with Crippen molar-refractivity contribution >= 4 is 33.9 Å². The highest BCUT2D eigenvalue weighted by Gasteiger charge is 2.16. The Morgan fingerprint density at radius 2 is 2.21 bits per heavy atom. The fourth-order valence-corrected chi connectivity index (χ4v) is 4.18. The Bertz CT molecular complexity index is 647. The molecule has 1 saturated heterocycles. The molecule has 0 amide bonds. The van der Waals surface area contributed by atoms with Gasteiger partial charge in [0.05, 0.1) is 19.3 Å². The lowest BCUT2D eigenvalue weighted by Gasteiger charge is -2.28. The van der Waals surface area contributed by atoms with E-state index < -0.39 is 0 Å². The summed E-state index contributed by atoms with van der Waals surface area (Å²) < 4.78 is 6.18. The molecule has 3 rings (SSSR count). The molecule has 0 unspecified atom stereocenters. The van der Waals surface area contributed by atoms with Crippen LogP contribution in [0.3, 0.4) is 0 Å². The average molecular weight is 367 g/mol. The van der Waals surface area contributed by atoms with E-state index in [0.29, 0.717) is 12.3 Å². The number of aliphatic hydroxyl groups is 1. The number of hydrogen-bond donors (Lipinski definition) is 2. The molecule has 24 heavy (non-hydrogen) atoms. The van der Waals surface area contributed by atoms with Crippen LogP contribution in [0.15, 0.2) is 28.6 Å². The molecule has 130 valence electrons. The van der Waals surface area contributed by atoms with Gasteiger partial charge in [0.25, 0.3) is 0 Å². The first-order valence-corrected chi connectivity index (χ1v) is 9.77. The number of aromatic nitrogens is 2. The van der Waals surface area contributed by atoms with Gasteiger partial charge in [-0.25, -0.2) is 0 Å². The molecule has 1 aliphatic rings. The predicted octanol–water partition coefficient (Wildman–Crippen LogP) is 2.38. The zero-order valence-corrected chi connectivity index (χ0v) is 15.3. The normalized spacial score (nSPS) is 16.9. The molecular weight excluding hydrogens is 344 g/mol. The number of aryl methyl sites for hydroxylation is 1. The second-order valence-electron chi connectivity index (χ2n) is 5.75. The molecule has 0 spiro atoms. The summed E-state index contributed by atoms with van der Waals surface area (Å²) in [5, 5.41) is 22.5. The molecule has 2 heterocycles. The first kappa shape index (κ1) is 17.6. The van der Waals surface area contributed by atoms with Crippen LogP contribution in [-0.2, 0) is 4.74 Å². The lowest BCUT2D eigenvalue weighted by Crippen LogP contribution is -2.41. The topological polar surface area (TPSA) is 70.5 Å². The van der Waals surface area contributed by atoms with Gasteiger partial charge in [0.1, 0.15) is 0 Å². The van der Waals surface area contributed by atoms with Crippen molar-refractivity contribution in [2.75, 3.05) is 43.9 Å². The largest absolute Gasteiger partial charge is 0.391 e. The van der Waals surface area contributed by atoms with Gasteiger partial charge >= 0.3 is 0 Å².